The minimum absolute atomic E-state index is 0.185. The van der Waals surface area contributed by atoms with Crippen LogP contribution in [0.3, 0.4) is 0 Å². The summed E-state index contributed by atoms with van der Waals surface area (Å²) in [5, 5.41) is 8.93. The number of hydrogen-bond donors (Lipinski definition) is 1. The van der Waals surface area contributed by atoms with Gasteiger partial charge in [0.15, 0.2) is 17.4 Å². The molecule has 1 aromatic carbocycles. The van der Waals surface area contributed by atoms with Crippen LogP contribution in [-0.4, -0.2) is 36.6 Å². The first-order valence-electron chi connectivity index (χ1n) is 7.09. The van der Waals surface area contributed by atoms with Crippen LogP contribution >= 0.6 is 0 Å². The van der Waals surface area contributed by atoms with E-state index in [1.165, 1.54) is 0 Å². The van der Waals surface area contributed by atoms with Gasteiger partial charge in [0.1, 0.15) is 6.10 Å². The molecule has 0 bridgehead atoms. The Hall–Kier alpha value is -1.24. The Morgan fingerprint density at radius 2 is 2.05 bits per heavy atom. The van der Waals surface area contributed by atoms with Gasteiger partial charge in [0, 0.05) is 25.9 Å². The van der Waals surface area contributed by atoms with Crippen molar-refractivity contribution in [3.05, 3.63) is 29.3 Å². The molecule has 3 rings (SSSR count). The summed E-state index contributed by atoms with van der Waals surface area (Å²) in [6.45, 7) is 1.22. The van der Waals surface area contributed by atoms with E-state index in [0.717, 1.165) is 18.6 Å². The van der Waals surface area contributed by atoms with Gasteiger partial charge in [-0.1, -0.05) is 0 Å². The van der Waals surface area contributed by atoms with Gasteiger partial charge in [-0.3, -0.25) is 0 Å². The molecule has 2 saturated heterocycles. The van der Waals surface area contributed by atoms with Crippen LogP contribution in [0.25, 0.3) is 0 Å². The molecule has 2 aliphatic rings. The molecule has 0 saturated carbocycles. The quantitative estimate of drug-likeness (QED) is 0.929. The average molecular weight is 300 g/mol. The van der Waals surface area contributed by atoms with Gasteiger partial charge in [-0.25, -0.2) is 8.78 Å². The molecule has 1 spiro atoms. The van der Waals surface area contributed by atoms with E-state index in [4.69, 9.17) is 19.3 Å². The van der Waals surface area contributed by atoms with Crippen molar-refractivity contribution in [3.8, 4) is 5.75 Å². The lowest BCUT2D eigenvalue weighted by atomic mass is 9.91. The average Bonchev–Trinajstić information content (AvgIpc) is 2.90. The Kier molecular flexibility index (Phi) is 4.10. The normalized spacial score (nSPS) is 29.0. The van der Waals surface area contributed by atoms with Gasteiger partial charge in [0.2, 0.25) is 0 Å². The third-order valence-electron chi connectivity index (χ3n) is 4.04. The molecule has 2 atom stereocenters. The Bertz CT molecular complexity index is 491. The van der Waals surface area contributed by atoms with Crippen LogP contribution in [0.5, 0.6) is 5.75 Å². The van der Waals surface area contributed by atoms with E-state index in [-0.39, 0.29) is 23.0 Å². The fraction of sp³-hybridized carbons (Fsp3) is 0.600. The first-order valence-corrected chi connectivity index (χ1v) is 7.09. The van der Waals surface area contributed by atoms with Crippen molar-refractivity contribution < 1.29 is 28.1 Å². The van der Waals surface area contributed by atoms with E-state index in [0.29, 0.717) is 32.7 Å². The minimum atomic E-state index is -0.790. The summed E-state index contributed by atoms with van der Waals surface area (Å²) in [7, 11) is 0. The molecule has 2 aliphatic heterocycles. The lowest BCUT2D eigenvalue weighted by Gasteiger charge is -2.37. The Balaban J connectivity index is 1.74. The second-order valence-corrected chi connectivity index (χ2v) is 5.61. The van der Waals surface area contributed by atoms with Crippen molar-refractivity contribution in [2.45, 2.75) is 37.6 Å². The molecule has 1 aromatic rings. The molecule has 116 valence electrons. The number of halogens is 2. The number of aliphatic hydroxyl groups excluding tert-OH is 1. The summed E-state index contributed by atoms with van der Waals surface area (Å²) in [5.74, 6) is -1.96. The first kappa shape index (κ1) is 14.7. The van der Waals surface area contributed by atoms with Gasteiger partial charge in [-0.15, -0.1) is 0 Å². The van der Waals surface area contributed by atoms with Crippen molar-refractivity contribution >= 4 is 0 Å². The van der Waals surface area contributed by atoms with E-state index in [9.17, 15) is 8.78 Å². The third kappa shape index (κ3) is 3.02. The standard InChI is InChI=1S/C15H18F2O4/c16-12-5-10(8-18)6-13(17)14(12)21-11-1-3-20-15(7-11)2-4-19-9-15/h5-6,11,18H,1-4,7-9H2. The van der Waals surface area contributed by atoms with E-state index in [1.807, 2.05) is 0 Å². The van der Waals surface area contributed by atoms with Crippen molar-refractivity contribution in [1.29, 1.82) is 0 Å². The van der Waals surface area contributed by atoms with Gasteiger partial charge in [0.25, 0.3) is 0 Å². The highest BCUT2D eigenvalue weighted by molar-refractivity contribution is 5.31. The van der Waals surface area contributed by atoms with E-state index >= 15 is 0 Å². The number of aliphatic hydroxyl groups is 1. The summed E-state index contributed by atoms with van der Waals surface area (Å²) in [6, 6.07) is 2.18. The zero-order valence-corrected chi connectivity index (χ0v) is 11.6. The zero-order chi connectivity index (χ0) is 14.9. The molecule has 2 heterocycles. The van der Waals surface area contributed by atoms with Gasteiger partial charge in [-0.2, -0.15) is 0 Å². The monoisotopic (exact) mass is 300 g/mol. The summed E-state index contributed by atoms with van der Waals surface area (Å²) in [4.78, 5) is 0. The van der Waals surface area contributed by atoms with Crippen molar-refractivity contribution in [2.75, 3.05) is 19.8 Å². The number of hydrogen-bond acceptors (Lipinski definition) is 4. The SMILES string of the molecule is OCc1cc(F)c(OC2CCOC3(CCOC3)C2)c(F)c1. The van der Waals surface area contributed by atoms with Gasteiger partial charge in [0.05, 0.1) is 25.4 Å². The van der Waals surface area contributed by atoms with Gasteiger partial charge < -0.3 is 19.3 Å². The van der Waals surface area contributed by atoms with E-state index in [1.54, 1.807) is 0 Å². The first-order chi connectivity index (χ1) is 10.1. The molecule has 0 aliphatic carbocycles. The predicted octanol–water partition coefficient (Wildman–Crippen LogP) is 2.17. The van der Waals surface area contributed by atoms with Crippen molar-refractivity contribution in [1.82, 2.24) is 0 Å². The Morgan fingerprint density at radius 3 is 2.67 bits per heavy atom. The molecule has 0 aromatic heterocycles. The highest BCUT2D eigenvalue weighted by atomic mass is 19.1. The fourth-order valence-electron chi connectivity index (χ4n) is 2.93. The smallest absolute Gasteiger partial charge is 0.191 e. The summed E-state index contributed by atoms with van der Waals surface area (Å²) < 4.78 is 44.4. The van der Waals surface area contributed by atoms with Crippen LogP contribution in [0, 0.1) is 11.6 Å². The molecule has 2 fully saturated rings. The lowest BCUT2D eigenvalue weighted by molar-refractivity contribution is -0.113. The van der Waals surface area contributed by atoms with Crippen LogP contribution in [0.1, 0.15) is 24.8 Å². The molecule has 0 radical (unpaired) electrons. The molecular weight excluding hydrogens is 282 g/mol. The Labute approximate surface area is 121 Å². The maximum atomic E-state index is 13.9. The van der Waals surface area contributed by atoms with E-state index < -0.39 is 18.2 Å². The number of benzene rings is 1. The van der Waals surface area contributed by atoms with Crippen LogP contribution in [0.15, 0.2) is 12.1 Å². The van der Waals surface area contributed by atoms with Gasteiger partial charge >= 0.3 is 0 Å². The Morgan fingerprint density at radius 1 is 1.29 bits per heavy atom. The minimum Gasteiger partial charge on any atom is -0.484 e. The molecule has 6 heteroatoms. The molecule has 21 heavy (non-hydrogen) atoms. The highest BCUT2D eigenvalue weighted by Crippen LogP contribution is 2.35. The largest absolute Gasteiger partial charge is 0.484 e. The van der Waals surface area contributed by atoms with Crippen LogP contribution in [0.2, 0.25) is 0 Å². The number of ether oxygens (including phenoxy) is 3. The van der Waals surface area contributed by atoms with Gasteiger partial charge in [-0.05, 0) is 17.7 Å². The zero-order valence-electron chi connectivity index (χ0n) is 11.6. The van der Waals surface area contributed by atoms with Crippen LogP contribution < -0.4 is 4.74 Å². The lowest BCUT2D eigenvalue weighted by Crippen LogP contribution is -2.44. The highest BCUT2D eigenvalue weighted by Gasteiger charge is 2.42. The molecule has 0 amide bonds. The fourth-order valence-corrected chi connectivity index (χ4v) is 2.93. The van der Waals surface area contributed by atoms with E-state index in [2.05, 4.69) is 0 Å². The topological polar surface area (TPSA) is 47.9 Å². The van der Waals surface area contributed by atoms with Crippen LogP contribution in [0.4, 0.5) is 8.78 Å². The predicted molar refractivity (Wildman–Crippen MR) is 70.0 cm³/mol. The molecule has 4 nitrogen and oxygen atoms in total. The summed E-state index contributed by atoms with van der Waals surface area (Å²) in [5.41, 5.74) is -0.189. The molecular formula is C15H18F2O4. The number of rotatable bonds is 3. The second kappa shape index (κ2) is 5.87. The summed E-state index contributed by atoms with van der Waals surface area (Å²) in [6.07, 6.45) is 1.63. The third-order valence-corrected chi connectivity index (χ3v) is 4.04. The second-order valence-electron chi connectivity index (χ2n) is 5.61. The van der Waals surface area contributed by atoms with Crippen LogP contribution in [-0.2, 0) is 16.1 Å². The van der Waals surface area contributed by atoms with Crippen molar-refractivity contribution in [3.63, 3.8) is 0 Å². The summed E-state index contributed by atoms with van der Waals surface area (Å²) >= 11 is 0. The molecule has 1 N–H and O–H groups in total. The van der Waals surface area contributed by atoms with Crippen molar-refractivity contribution in [2.24, 2.45) is 0 Å². The molecule has 2 unspecified atom stereocenters. The maximum Gasteiger partial charge on any atom is 0.191 e. The maximum absolute atomic E-state index is 13.9.